The highest BCUT2D eigenvalue weighted by Crippen LogP contribution is 2.40. The summed E-state index contributed by atoms with van der Waals surface area (Å²) in [5.41, 5.74) is 6.92. The zero-order valence-electron chi connectivity index (χ0n) is 17.8. The van der Waals surface area contributed by atoms with E-state index in [1.54, 1.807) is 39.0 Å². The lowest BCUT2D eigenvalue weighted by molar-refractivity contribution is 0.0599. The van der Waals surface area contributed by atoms with E-state index in [9.17, 15) is 14.7 Å². The number of rotatable bonds is 3. The van der Waals surface area contributed by atoms with E-state index >= 15 is 0 Å². The fourth-order valence-electron chi connectivity index (χ4n) is 3.06. The molecule has 0 bridgehead atoms. The molecule has 33 heavy (non-hydrogen) atoms. The number of nitrogen functional groups attached to an aromatic ring is 1. The molecular formula is C21H19ClN6O4S. The molecule has 10 nitrogen and oxygen atoms in total. The third-order valence-corrected chi connectivity index (χ3v) is 5.76. The minimum atomic E-state index is -1.26. The smallest absolute Gasteiger partial charge is 0.432 e. The molecule has 0 fully saturated rings. The predicted molar refractivity (Wildman–Crippen MR) is 126 cm³/mol. The number of aromatic nitrogens is 4. The second-order valence-corrected chi connectivity index (χ2v) is 9.34. The first-order chi connectivity index (χ1) is 15.5. The van der Waals surface area contributed by atoms with Crippen molar-refractivity contribution in [1.82, 2.24) is 20.0 Å². The van der Waals surface area contributed by atoms with Gasteiger partial charge in [-0.05, 0) is 45.0 Å². The van der Waals surface area contributed by atoms with Crippen LogP contribution in [-0.4, -0.2) is 42.9 Å². The van der Waals surface area contributed by atoms with Crippen LogP contribution in [-0.2, 0) is 4.74 Å². The summed E-state index contributed by atoms with van der Waals surface area (Å²) >= 11 is 7.76. The van der Waals surface area contributed by atoms with Gasteiger partial charge in [-0.15, -0.1) is 10.2 Å². The normalized spacial score (nSPS) is 11.5. The highest BCUT2D eigenvalue weighted by atomic mass is 35.5. The van der Waals surface area contributed by atoms with E-state index in [2.05, 4.69) is 15.3 Å². The highest BCUT2D eigenvalue weighted by molar-refractivity contribution is 7.18. The van der Waals surface area contributed by atoms with Gasteiger partial charge in [0.1, 0.15) is 10.6 Å². The average molecular weight is 487 g/mol. The quantitative estimate of drug-likeness (QED) is 0.368. The van der Waals surface area contributed by atoms with Gasteiger partial charge in [0.15, 0.2) is 0 Å². The van der Waals surface area contributed by atoms with Crippen molar-refractivity contribution >= 4 is 62.5 Å². The van der Waals surface area contributed by atoms with Crippen LogP contribution in [0.25, 0.3) is 21.5 Å². The van der Waals surface area contributed by atoms with Crippen molar-refractivity contribution in [2.45, 2.75) is 26.4 Å². The lowest BCUT2D eigenvalue weighted by Gasteiger charge is -2.26. The van der Waals surface area contributed by atoms with E-state index in [4.69, 9.17) is 22.1 Å². The number of halogens is 1. The van der Waals surface area contributed by atoms with E-state index < -0.39 is 17.8 Å². The van der Waals surface area contributed by atoms with Gasteiger partial charge in [-0.2, -0.15) is 9.78 Å². The molecule has 0 saturated carbocycles. The van der Waals surface area contributed by atoms with Gasteiger partial charge in [0, 0.05) is 16.6 Å². The summed E-state index contributed by atoms with van der Waals surface area (Å²) in [5.74, 6) is 0. The maximum absolute atomic E-state index is 13.2. The molecule has 12 heteroatoms. The van der Waals surface area contributed by atoms with Gasteiger partial charge in [0.05, 0.1) is 22.4 Å². The molecule has 2 aromatic heterocycles. The Morgan fingerprint density at radius 1 is 1.21 bits per heavy atom. The zero-order valence-corrected chi connectivity index (χ0v) is 19.4. The van der Waals surface area contributed by atoms with Crippen LogP contribution >= 0.6 is 22.9 Å². The summed E-state index contributed by atoms with van der Waals surface area (Å²) in [6, 6.07) is 10.2. The topological polar surface area (TPSA) is 136 Å². The summed E-state index contributed by atoms with van der Waals surface area (Å²) < 4.78 is 6.38. The van der Waals surface area contributed by atoms with Crippen LogP contribution in [0.2, 0.25) is 5.02 Å². The summed E-state index contributed by atoms with van der Waals surface area (Å²) in [5, 5.41) is 22.8. The number of carboxylic acid groups (broad SMARTS) is 1. The van der Waals surface area contributed by atoms with Crippen LogP contribution in [0.15, 0.2) is 42.6 Å². The zero-order chi connectivity index (χ0) is 23.9. The number of carbonyl (C=O) groups excluding carboxylic acids is 1. The Bertz CT molecular complexity index is 1380. The minimum Gasteiger partial charge on any atom is -0.463 e. The number of amides is 1. The van der Waals surface area contributed by atoms with E-state index in [0.717, 1.165) is 21.6 Å². The van der Waals surface area contributed by atoms with Gasteiger partial charge in [0.25, 0.3) is 0 Å². The molecule has 0 aliphatic heterocycles. The van der Waals surface area contributed by atoms with Gasteiger partial charge < -0.3 is 15.6 Å². The van der Waals surface area contributed by atoms with E-state index in [0.29, 0.717) is 16.1 Å². The van der Waals surface area contributed by atoms with Gasteiger partial charge >= 0.3 is 12.2 Å². The van der Waals surface area contributed by atoms with Gasteiger partial charge in [-0.25, -0.2) is 14.5 Å². The number of carbonyl (C=O) groups is 2. The third kappa shape index (κ3) is 4.45. The van der Waals surface area contributed by atoms with Crippen LogP contribution in [0.3, 0.4) is 0 Å². The van der Waals surface area contributed by atoms with Crippen molar-refractivity contribution < 1.29 is 19.4 Å². The van der Waals surface area contributed by atoms with Crippen LogP contribution in [0, 0.1) is 0 Å². The molecule has 0 spiro atoms. The summed E-state index contributed by atoms with van der Waals surface area (Å²) in [4.78, 5) is 25.8. The first kappa shape index (κ1) is 22.5. The van der Waals surface area contributed by atoms with E-state index in [1.807, 2.05) is 6.07 Å². The van der Waals surface area contributed by atoms with Crippen molar-refractivity contribution in [2.75, 3.05) is 10.6 Å². The lowest BCUT2D eigenvalue weighted by Crippen LogP contribution is -2.34. The lowest BCUT2D eigenvalue weighted by atomic mass is 10.2. The van der Waals surface area contributed by atoms with Crippen molar-refractivity contribution in [3.63, 3.8) is 0 Å². The predicted octanol–water partition coefficient (Wildman–Crippen LogP) is 5.39. The molecule has 170 valence electrons. The van der Waals surface area contributed by atoms with Crippen LogP contribution in [0.4, 0.5) is 26.1 Å². The van der Waals surface area contributed by atoms with Gasteiger partial charge in [-0.3, -0.25) is 0 Å². The minimum absolute atomic E-state index is 0.117. The second kappa shape index (κ2) is 8.34. The number of hydrogen-bond donors (Lipinski definition) is 2. The largest absolute Gasteiger partial charge is 0.463 e. The van der Waals surface area contributed by atoms with Crippen LogP contribution in [0.1, 0.15) is 20.8 Å². The number of fused-ring (bicyclic) bond motifs is 1. The van der Waals surface area contributed by atoms with Gasteiger partial charge in [0.2, 0.25) is 5.13 Å². The molecule has 0 saturated heterocycles. The van der Waals surface area contributed by atoms with Crippen molar-refractivity contribution in [3.8, 4) is 10.6 Å². The SMILES string of the molecule is CC(C)(C)OC(=O)N(c1nnc(-c2cccc(N)c2)s1)c1ccc2c(cnn2C(=O)O)c1Cl. The molecule has 3 N–H and O–H groups in total. The molecule has 0 atom stereocenters. The molecule has 0 radical (unpaired) electrons. The number of hydrogen-bond acceptors (Lipinski definition) is 8. The first-order valence-corrected chi connectivity index (χ1v) is 10.9. The Balaban J connectivity index is 1.84. The van der Waals surface area contributed by atoms with Crippen LogP contribution < -0.4 is 10.6 Å². The van der Waals surface area contributed by atoms with E-state index in [1.165, 1.54) is 23.2 Å². The monoisotopic (exact) mass is 486 g/mol. The van der Waals surface area contributed by atoms with E-state index in [-0.39, 0.29) is 21.4 Å². The molecule has 1 amide bonds. The Hall–Kier alpha value is -3.70. The average Bonchev–Trinajstić information content (AvgIpc) is 3.36. The number of nitrogens with two attached hydrogens (primary N) is 1. The van der Waals surface area contributed by atoms with Crippen molar-refractivity contribution in [3.05, 3.63) is 47.6 Å². The highest BCUT2D eigenvalue weighted by Gasteiger charge is 2.30. The van der Waals surface area contributed by atoms with Crippen molar-refractivity contribution in [2.24, 2.45) is 0 Å². The Kier molecular flexibility index (Phi) is 5.68. The number of anilines is 3. The standard InChI is InChI=1S/C21H19ClN6O4S/c1-21(2,3)32-20(31)27(18-26-25-17(33-18)11-5-4-6-12(23)9-11)15-8-7-14-13(16(15)22)10-24-28(14)19(29)30/h4-10H,23H2,1-3H3,(H,29,30). The molecular weight excluding hydrogens is 468 g/mol. The molecule has 4 aromatic rings. The van der Waals surface area contributed by atoms with Gasteiger partial charge in [-0.1, -0.05) is 35.1 Å². The second-order valence-electron chi connectivity index (χ2n) is 8.00. The number of benzene rings is 2. The maximum Gasteiger partial charge on any atom is 0.432 e. The summed E-state index contributed by atoms with van der Waals surface area (Å²) in [6.07, 6.45) is -0.653. The summed E-state index contributed by atoms with van der Waals surface area (Å²) in [7, 11) is 0. The molecule has 0 aliphatic rings. The summed E-state index contributed by atoms with van der Waals surface area (Å²) in [6.45, 7) is 5.22. The molecule has 0 unspecified atom stereocenters. The molecule has 2 heterocycles. The first-order valence-electron chi connectivity index (χ1n) is 9.67. The maximum atomic E-state index is 13.2. The Labute approximate surface area is 197 Å². The van der Waals surface area contributed by atoms with Crippen molar-refractivity contribution in [1.29, 1.82) is 0 Å². The fraction of sp³-hybridized carbons (Fsp3) is 0.190. The molecule has 2 aromatic carbocycles. The number of ether oxygens (including phenoxy) is 1. The Morgan fingerprint density at radius 3 is 2.64 bits per heavy atom. The Morgan fingerprint density at radius 2 is 1.97 bits per heavy atom. The number of nitrogens with zero attached hydrogens (tertiary/aromatic N) is 5. The molecule has 4 rings (SSSR count). The third-order valence-electron chi connectivity index (χ3n) is 4.40. The molecule has 0 aliphatic carbocycles. The van der Waals surface area contributed by atoms with Crippen LogP contribution in [0.5, 0.6) is 0 Å². The fourth-order valence-corrected chi connectivity index (χ4v) is 4.20.